The van der Waals surface area contributed by atoms with Gasteiger partial charge in [0.1, 0.15) is 0 Å². The van der Waals surface area contributed by atoms with Crippen LogP contribution in [-0.2, 0) is 6.18 Å². The maximum atomic E-state index is 12.9. The molecule has 2 aromatic rings. The summed E-state index contributed by atoms with van der Waals surface area (Å²) in [4.78, 5) is 14.0. The van der Waals surface area contributed by atoms with Crippen LogP contribution in [0.4, 0.5) is 18.9 Å². The summed E-state index contributed by atoms with van der Waals surface area (Å²) in [6, 6.07) is 12.5. The smallest absolute Gasteiger partial charge is 0.378 e. The van der Waals surface area contributed by atoms with E-state index in [1.54, 1.807) is 12.2 Å². The second-order valence-electron chi connectivity index (χ2n) is 5.61. The van der Waals surface area contributed by atoms with Gasteiger partial charge in [-0.1, -0.05) is 48.6 Å². The minimum atomic E-state index is -4.55. The lowest BCUT2D eigenvalue weighted by molar-refractivity contribution is -0.137. The number of rotatable bonds is 5. The Kier molecular flexibility index (Phi) is 5.80. The third-order valence-electron chi connectivity index (χ3n) is 3.55. The molecule has 0 spiro atoms. The number of alkyl halides is 3. The van der Waals surface area contributed by atoms with Gasteiger partial charge in [-0.25, -0.2) is 0 Å². The van der Waals surface area contributed by atoms with E-state index in [1.165, 1.54) is 24.3 Å². The molecule has 0 radical (unpaired) electrons. The number of hydrogen-bond donors (Lipinski definition) is 0. The number of allylic oxidation sites excluding steroid dienone is 3. The second kappa shape index (κ2) is 7.83. The van der Waals surface area contributed by atoms with Gasteiger partial charge in [0.25, 0.3) is 0 Å². The average molecular weight is 345 g/mol. The van der Waals surface area contributed by atoms with Crippen molar-refractivity contribution >= 4 is 17.5 Å². The summed E-state index contributed by atoms with van der Waals surface area (Å²) in [5.74, 6) is -0.680. The van der Waals surface area contributed by atoms with Crippen LogP contribution in [0, 0.1) is 0 Å². The molecule has 0 amide bonds. The monoisotopic (exact) mass is 345 g/mol. The molecule has 0 aliphatic carbocycles. The highest BCUT2D eigenvalue weighted by atomic mass is 19.4. The summed E-state index contributed by atoms with van der Waals surface area (Å²) >= 11 is 0. The predicted molar refractivity (Wildman–Crippen MR) is 94.7 cm³/mol. The summed E-state index contributed by atoms with van der Waals surface area (Å²) in [5.41, 5.74) is 0.716. The Morgan fingerprint density at radius 2 is 1.60 bits per heavy atom. The van der Waals surface area contributed by atoms with E-state index >= 15 is 0 Å². The maximum Gasteiger partial charge on any atom is 0.417 e. The van der Waals surface area contributed by atoms with Crippen molar-refractivity contribution in [3.05, 3.63) is 83.4 Å². The van der Waals surface area contributed by atoms with Crippen LogP contribution in [0.2, 0.25) is 0 Å². The van der Waals surface area contributed by atoms with Gasteiger partial charge in [0.05, 0.1) is 5.56 Å². The quantitative estimate of drug-likeness (QED) is 0.420. The van der Waals surface area contributed by atoms with E-state index in [2.05, 4.69) is 0 Å². The number of carbonyl (C=O) groups is 1. The van der Waals surface area contributed by atoms with Crippen molar-refractivity contribution in [3.8, 4) is 0 Å². The van der Waals surface area contributed by atoms with Crippen LogP contribution >= 0.6 is 0 Å². The fraction of sp³-hybridized carbons (Fsp3) is 0.150. The molecule has 0 fully saturated rings. The van der Waals surface area contributed by atoms with Gasteiger partial charge in [0.2, 0.25) is 0 Å². The Morgan fingerprint density at radius 1 is 0.960 bits per heavy atom. The molecule has 0 unspecified atom stereocenters. The van der Waals surface area contributed by atoms with E-state index in [4.69, 9.17) is 0 Å². The average Bonchev–Trinajstić information content (AvgIpc) is 2.58. The number of nitrogens with zero attached hydrogens (tertiary/aromatic N) is 1. The Morgan fingerprint density at radius 3 is 2.20 bits per heavy atom. The van der Waals surface area contributed by atoms with Crippen molar-refractivity contribution < 1.29 is 18.0 Å². The molecule has 2 rings (SSSR count). The van der Waals surface area contributed by atoms with Crippen LogP contribution in [0.3, 0.4) is 0 Å². The first-order valence-corrected chi connectivity index (χ1v) is 7.62. The molecule has 0 aliphatic heterocycles. The van der Waals surface area contributed by atoms with Crippen molar-refractivity contribution in [2.45, 2.75) is 6.18 Å². The Labute approximate surface area is 144 Å². The van der Waals surface area contributed by atoms with Gasteiger partial charge < -0.3 is 4.90 Å². The minimum absolute atomic E-state index is 0.352. The van der Waals surface area contributed by atoms with Gasteiger partial charge in [-0.2, -0.15) is 13.2 Å². The maximum absolute atomic E-state index is 12.9. The lowest BCUT2D eigenvalue weighted by Crippen LogP contribution is -2.11. The third-order valence-corrected chi connectivity index (χ3v) is 3.55. The Balaban J connectivity index is 2.08. The normalized spacial score (nSPS) is 12.0. The number of hydrogen-bond acceptors (Lipinski definition) is 2. The summed E-state index contributed by atoms with van der Waals surface area (Å²) < 4.78 is 38.7. The van der Waals surface area contributed by atoms with Crippen LogP contribution in [0.1, 0.15) is 21.5 Å². The van der Waals surface area contributed by atoms with Gasteiger partial charge in [0.15, 0.2) is 5.78 Å². The number of anilines is 1. The van der Waals surface area contributed by atoms with Gasteiger partial charge in [-0.3, -0.25) is 4.79 Å². The topological polar surface area (TPSA) is 20.3 Å². The SMILES string of the molecule is CN(C)c1ccc(/C=C/C=C/C(=O)c2ccccc2C(F)(F)F)cc1. The molecule has 0 aliphatic rings. The van der Waals surface area contributed by atoms with Gasteiger partial charge in [-0.15, -0.1) is 0 Å². The molecule has 0 aromatic heterocycles. The zero-order valence-corrected chi connectivity index (χ0v) is 13.9. The fourth-order valence-corrected chi connectivity index (χ4v) is 2.23. The van der Waals surface area contributed by atoms with E-state index in [-0.39, 0.29) is 5.56 Å². The van der Waals surface area contributed by atoms with Crippen LogP contribution in [0.15, 0.2) is 66.8 Å². The fourth-order valence-electron chi connectivity index (χ4n) is 2.23. The van der Waals surface area contributed by atoms with Crippen LogP contribution in [-0.4, -0.2) is 19.9 Å². The molecule has 5 heteroatoms. The van der Waals surface area contributed by atoms with E-state index in [0.717, 1.165) is 23.4 Å². The molecular formula is C20H18F3NO. The molecule has 0 heterocycles. The molecule has 130 valence electrons. The molecule has 0 saturated heterocycles. The van der Waals surface area contributed by atoms with Crippen LogP contribution in [0.5, 0.6) is 0 Å². The molecule has 0 saturated carbocycles. The number of ketones is 1. The third kappa shape index (κ3) is 5.08. The van der Waals surface area contributed by atoms with Crippen molar-refractivity contribution in [1.82, 2.24) is 0 Å². The van der Waals surface area contributed by atoms with E-state index in [0.29, 0.717) is 0 Å². The number of benzene rings is 2. The molecule has 25 heavy (non-hydrogen) atoms. The highest BCUT2D eigenvalue weighted by molar-refractivity contribution is 6.05. The first-order chi connectivity index (χ1) is 11.8. The van der Waals surface area contributed by atoms with Crippen molar-refractivity contribution in [2.75, 3.05) is 19.0 Å². The Bertz CT molecular complexity index is 787. The molecule has 2 aromatic carbocycles. The van der Waals surface area contributed by atoms with E-state index in [1.807, 2.05) is 43.3 Å². The van der Waals surface area contributed by atoms with Gasteiger partial charge >= 0.3 is 6.18 Å². The summed E-state index contributed by atoms with van der Waals surface area (Å²) in [6.07, 6.45) is 1.42. The zero-order valence-electron chi connectivity index (χ0n) is 13.9. The van der Waals surface area contributed by atoms with Crippen LogP contribution < -0.4 is 4.90 Å². The summed E-state index contributed by atoms with van der Waals surface area (Å²) in [6.45, 7) is 0. The minimum Gasteiger partial charge on any atom is -0.378 e. The van der Waals surface area contributed by atoms with E-state index in [9.17, 15) is 18.0 Å². The molecule has 0 bridgehead atoms. The molecule has 0 N–H and O–H groups in total. The lowest BCUT2D eigenvalue weighted by Gasteiger charge is -2.11. The lowest BCUT2D eigenvalue weighted by atomic mass is 10.0. The van der Waals surface area contributed by atoms with E-state index < -0.39 is 17.5 Å². The first kappa shape index (κ1) is 18.5. The largest absolute Gasteiger partial charge is 0.417 e. The van der Waals surface area contributed by atoms with Crippen molar-refractivity contribution in [3.63, 3.8) is 0 Å². The highest BCUT2D eigenvalue weighted by Gasteiger charge is 2.34. The standard InChI is InChI=1S/C20H18F3NO/c1-24(2)16-13-11-15(12-14-16)7-3-6-10-19(25)17-8-4-5-9-18(17)20(21,22)23/h3-14H,1-2H3/b7-3+,10-6+. The second-order valence-corrected chi connectivity index (χ2v) is 5.61. The summed E-state index contributed by atoms with van der Waals surface area (Å²) in [5, 5.41) is 0. The van der Waals surface area contributed by atoms with Gasteiger partial charge in [0, 0.05) is 25.3 Å². The predicted octanol–water partition coefficient (Wildman–Crippen LogP) is 5.22. The van der Waals surface area contributed by atoms with Crippen LogP contribution in [0.25, 0.3) is 6.08 Å². The number of carbonyl (C=O) groups excluding carboxylic acids is 1. The Hall–Kier alpha value is -2.82. The van der Waals surface area contributed by atoms with Crippen molar-refractivity contribution in [1.29, 1.82) is 0 Å². The molecule has 0 atom stereocenters. The van der Waals surface area contributed by atoms with Crippen molar-refractivity contribution in [2.24, 2.45) is 0 Å². The first-order valence-electron chi connectivity index (χ1n) is 7.62. The molecule has 2 nitrogen and oxygen atoms in total. The van der Waals surface area contributed by atoms with Gasteiger partial charge in [-0.05, 0) is 29.8 Å². The number of halogens is 3. The zero-order chi connectivity index (χ0) is 18.4. The summed E-state index contributed by atoms with van der Waals surface area (Å²) in [7, 11) is 3.88. The molecular weight excluding hydrogens is 327 g/mol. The highest BCUT2D eigenvalue weighted by Crippen LogP contribution is 2.32.